The Hall–Kier alpha value is -1.23. The monoisotopic (exact) mass is 364 g/mol. The molecule has 0 fully saturated rings. The quantitative estimate of drug-likeness (QED) is 0.636. The summed E-state index contributed by atoms with van der Waals surface area (Å²) in [7, 11) is 0. The van der Waals surface area contributed by atoms with E-state index in [2.05, 4.69) is 15.9 Å². The van der Waals surface area contributed by atoms with Gasteiger partial charge < -0.3 is 5.11 Å². The van der Waals surface area contributed by atoms with Gasteiger partial charge in [-0.3, -0.25) is 0 Å². The molecule has 1 heterocycles. The van der Waals surface area contributed by atoms with Crippen LogP contribution in [0.15, 0.2) is 40.9 Å². The fourth-order valence-electron chi connectivity index (χ4n) is 2.41. The molecule has 1 aromatic heterocycles. The highest BCUT2D eigenvalue weighted by atomic mass is 79.9. The average Bonchev–Trinajstić information content (AvgIpc) is 2.85. The number of aliphatic hydroxyl groups is 1. The molecule has 1 atom stereocenters. The Morgan fingerprint density at radius 3 is 2.62 bits per heavy atom. The lowest BCUT2D eigenvalue weighted by Gasteiger charge is -2.14. The lowest BCUT2D eigenvalue weighted by molar-refractivity contribution is 0.223. The lowest BCUT2D eigenvalue weighted by Crippen LogP contribution is -2.00. The van der Waals surface area contributed by atoms with Crippen LogP contribution in [0.1, 0.15) is 27.7 Å². The zero-order chi connectivity index (χ0) is 15.1. The van der Waals surface area contributed by atoms with Gasteiger partial charge in [0.05, 0.1) is 0 Å². The summed E-state index contributed by atoms with van der Waals surface area (Å²) in [4.78, 5) is 0.834. The minimum absolute atomic E-state index is 0.249. The number of benzene rings is 2. The van der Waals surface area contributed by atoms with Gasteiger partial charge in [-0.1, -0.05) is 28.1 Å². The van der Waals surface area contributed by atoms with Crippen LogP contribution in [-0.2, 0) is 0 Å². The van der Waals surface area contributed by atoms with Crippen molar-refractivity contribution in [3.05, 3.63) is 68.3 Å². The molecule has 0 aliphatic rings. The van der Waals surface area contributed by atoms with Gasteiger partial charge in [-0.25, -0.2) is 4.39 Å². The molecule has 0 spiro atoms. The molecule has 0 radical (unpaired) electrons. The first-order valence-electron chi connectivity index (χ1n) is 6.59. The van der Waals surface area contributed by atoms with Crippen molar-refractivity contribution in [1.82, 2.24) is 0 Å². The minimum atomic E-state index is -0.683. The molecule has 4 heteroatoms. The summed E-state index contributed by atoms with van der Waals surface area (Å²) >= 11 is 4.93. The molecular formula is C17H14BrFOS. The van der Waals surface area contributed by atoms with E-state index in [0.717, 1.165) is 36.1 Å². The highest BCUT2D eigenvalue weighted by Crippen LogP contribution is 2.35. The van der Waals surface area contributed by atoms with Crippen LogP contribution in [0.3, 0.4) is 0 Å². The molecule has 3 aromatic rings. The SMILES string of the molecule is Cc1cc(C(O)c2cc3ccc(F)cc3s2)c(C)cc1Br. The molecule has 108 valence electrons. The molecule has 0 aliphatic carbocycles. The Labute approximate surface area is 135 Å². The van der Waals surface area contributed by atoms with E-state index in [1.165, 1.54) is 23.5 Å². The number of hydrogen-bond acceptors (Lipinski definition) is 2. The Morgan fingerprint density at radius 1 is 1.10 bits per heavy atom. The number of thiophene rings is 1. The lowest BCUT2D eigenvalue weighted by atomic mass is 9.99. The summed E-state index contributed by atoms with van der Waals surface area (Å²) in [6.07, 6.45) is -0.683. The molecular weight excluding hydrogens is 351 g/mol. The molecule has 0 aliphatic heterocycles. The molecule has 1 nitrogen and oxygen atoms in total. The minimum Gasteiger partial charge on any atom is -0.383 e. The number of halogens is 2. The van der Waals surface area contributed by atoms with Gasteiger partial charge in [0.1, 0.15) is 11.9 Å². The maximum atomic E-state index is 13.3. The smallest absolute Gasteiger partial charge is 0.124 e. The normalized spacial score (nSPS) is 12.8. The van der Waals surface area contributed by atoms with Gasteiger partial charge >= 0.3 is 0 Å². The van der Waals surface area contributed by atoms with Crippen LogP contribution in [-0.4, -0.2) is 5.11 Å². The first kappa shape index (κ1) is 14.7. The van der Waals surface area contributed by atoms with Crippen LogP contribution in [0.4, 0.5) is 4.39 Å². The first-order chi connectivity index (χ1) is 9.95. The van der Waals surface area contributed by atoms with Gasteiger partial charge in [0, 0.05) is 14.0 Å². The zero-order valence-corrected chi connectivity index (χ0v) is 14.1. The van der Waals surface area contributed by atoms with Gasteiger partial charge in [0.2, 0.25) is 0 Å². The summed E-state index contributed by atoms with van der Waals surface area (Å²) in [6.45, 7) is 3.98. The zero-order valence-electron chi connectivity index (χ0n) is 11.7. The van der Waals surface area contributed by atoms with Gasteiger partial charge in [-0.2, -0.15) is 0 Å². The van der Waals surface area contributed by atoms with Crippen molar-refractivity contribution in [2.45, 2.75) is 20.0 Å². The predicted molar refractivity (Wildman–Crippen MR) is 89.5 cm³/mol. The second-order valence-corrected chi connectivity index (χ2v) is 7.16. The summed E-state index contributed by atoms with van der Waals surface area (Å²) in [5, 5.41) is 11.6. The third kappa shape index (κ3) is 2.76. The van der Waals surface area contributed by atoms with E-state index in [1.807, 2.05) is 32.0 Å². The van der Waals surface area contributed by atoms with Crippen LogP contribution in [0, 0.1) is 19.7 Å². The first-order valence-corrected chi connectivity index (χ1v) is 8.20. The van der Waals surface area contributed by atoms with Gasteiger partial charge in [-0.15, -0.1) is 11.3 Å². The van der Waals surface area contributed by atoms with Crippen molar-refractivity contribution in [2.24, 2.45) is 0 Å². The highest BCUT2D eigenvalue weighted by Gasteiger charge is 2.17. The third-order valence-corrected chi connectivity index (χ3v) is 5.62. The Morgan fingerprint density at radius 2 is 1.86 bits per heavy atom. The van der Waals surface area contributed by atoms with Crippen molar-refractivity contribution in [1.29, 1.82) is 0 Å². The van der Waals surface area contributed by atoms with Crippen molar-refractivity contribution < 1.29 is 9.50 Å². The summed E-state index contributed by atoms with van der Waals surface area (Å²) in [5.41, 5.74) is 3.01. The molecule has 0 saturated carbocycles. The molecule has 21 heavy (non-hydrogen) atoms. The van der Waals surface area contributed by atoms with Crippen LogP contribution < -0.4 is 0 Å². The van der Waals surface area contributed by atoms with Crippen LogP contribution >= 0.6 is 27.3 Å². The Bertz CT molecular complexity index is 825. The van der Waals surface area contributed by atoms with E-state index in [-0.39, 0.29) is 5.82 Å². The average molecular weight is 365 g/mol. The number of fused-ring (bicyclic) bond motifs is 1. The van der Waals surface area contributed by atoms with E-state index in [4.69, 9.17) is 0 Å². The van der Waals surface area contributed by atoms with Crippen molar-refractivity contribution in [3.8, 4) is 0 Å². The maximum Gasteiger partial charge on any atom is 0.124 e. The van der Waals surface area contributed by atoms with E-state index in [9.17, 15) is 9.50 Å². The fraction of sp³-hybridized carbons (Fsp3) is 0.176. The van der Waals surface area contributed by atoms with Crippen molar-refractivity contribution in [3.63, 3.8) is 0 Å². The Balaban J connectivity index is 2.07. The Kier molecular flexibility index (Phi) is 3.86. The van der Waals surface area contributed by atoms with Crippen LogP contribution in [0.5, 0.6) is 0 Å². The highest BCUT2D eigenvalue weighted by molar-refractivity contribution is 9.10. The maximum absolute atomic E-state index is 13.3. The second kappa shape index (κ2) is 5.52. The summed E-state index contributed by atoms with van der Waals surface area (Å²) in [6, 6.07) is 10.6. The van der Waals surface area contributed by atoms with E-state index in [1.54, 1.807) is 6.07 Å². The standard InChI is InChI=1S/C17H14BrFOS/c1-9-6-14(18)10(2)5-13(9)17(20)16-7-11-3-4-12(19)8-15(11)21-16/h3-8,17,20H,1-2H3. The molecule has 0 amide bonds. The number of rotatable bonds is 2. The number of hydrogen-bond donors (Lipinski definition) is 1. The molecule has 0 bridgehead atoms. The van der Waals surface area contributed by atoms with Crippen molar-refractivity contribution in [2.75, 3.05) is 0 Å². The summed E-state index contributed by atoms with van der Waals surface area (Å²) in [5.74, 6) is -0.249. The van der Waals surface area contributed by atoms with Gasteiger partial charge in [0.15, 0.2) is 0 Å². The van der Waals surface area contributed by atoms with E-state index >= 15 is 0 Å². The molecule has 1 N–H and O–H groups in total. The van der Waals surface area contributed by atoms with Crippen molar-refractivity contribution >= 4 is 37.4 Å². The second-order valence-electron chi connectivity index (χ2n) is 5.19. The number of aryl methyl sites for hydroxylation is 2. The molecule has 1 unspecified atom stereocenters. The topological polar surface area (TPSA) is 20.2 Å². The van der Waals surface area contributed by atoms with Gasteiger partial charge in [0.25, 0.3) is 0 Å². The molecule has 3 rings (SSSR count). The van der Waals surface area contributed by atoms with Gasteiger partial charge in [-0.05, 0) is 60.2 Å². The van der Waals surface area contributed by atoms with Crippen LogP contribution in [0.25, 0.3) is 10.1 Å². The predicted octanol–water partition coefficient (Wildman–Crippen LogP) is 5.50. The number of aliphatic hydroxyl groups excluding tert-OH is 1. The molecule has 2 aromatic carbocycles. The van der Waals surface area contributed by atoms with E-state index in [0.29, 0.717) is 0 Å². The fourth-order valence-corrected chi connectivity index (χ4v) is 3.96. The largest absolute Gasteiger partial charge is 0.383 e. The third-order valence-electron chi connectivity index (χ3n) is 3.61. The molecule has 0 saturated heterocycles. The van der Waals surface area contributed by atoms with Crippen LogP contribution in [0.2, 0.25) is 0 Å². The summed E-state index contributed by atoms with van der Waals surface area (Å²) < 4.78 is 15.2. The van der Waals surface area contributed by atoms with E-state index < -0.39 is 6.10 Å².